The summed E-state index contributed by atoms with van der Waals surface area (Å²) in [6.45, 7) is 4.60. The fourth-order valence-electron chi connectivity index (χ4n) is 1.24. The van der Waals surface area contributed by atoms with Gasteiger partial charge in [0.2, 0.25) is 0 Å². The minimum Gasteiger partial charge on any atom is -0.461 e. The summed E-state index contributed by atoms with van der Waals surface area (Å²) in [4.78, 5) is 15.4. The number of allylic oxidation sites excluding steroid dienone is 1. The fraction of sp³-hybridized carbons (Fsp3) is 0.750. The van der Waals surface area contributed by atoms with Crippen LogP contribution in [0.4, 0.5) is 0 Å². The molecule has 16 heavy (non-hydrogen) atoms. The molecule has 0 heterocycles. The van der Waals surface area contributed by atoms with Crippen LogP contribution in [0.5, 0.6) is 0 Å². The van der Waals surface area contributed by atoms with E-state index in [4.69, 9.17) is 4.74 Å². The second-order valence-electron chi connectivity index (χ2n) is 4.15. The summed E-state index contributed by atoms with van der Waals surface area (Å²) in [5.41, 5.74) is 0. The number of rotatable bonds is 8. The third kappa shape index (κ3) is 9.68. The van der Waals surface area contributed by atoms with Crippen molar-refractivity contribution < 1.29 is 9.53 Å². The molecule has 94 valence electrons. The van der Waals surface area contributed by atoms with E-state index in [-0.39, 0.29) is 5.97 Å². The van der Waals surface area contributed by atoms with Crippen molar-refractivity contribution in [3.63, 3.8) is 0 Å². The van der Waals surface area contributed by atoms with Gasteiger partial charge in [0.25, 0.3) is 0 Å². The van der Waals surface area contributed by atoms with Crippen LogP contribution in [0.1, 0.15) is 13.3 Å². The molecule has 0 fully saturated rings. The largest absolute Gasteiger partial charge is 0.461 e. The van der Waals surface area contributed by atoms with Crippen LogP contribution in [0.3, 0.4) is 0 Å². The van der Waals surface area contributed by atoms with Gasteiger partial charge < -0.3 is 9.64 Å². The van der Waals surface area contributed by atoms with Crippen LogP contribution >= 0.6 is 0 Å². The highest BCUT2D eigenvalue weighted by atomic mass is 16.5. The molecule has 0 aromatic carbocycles. The van der Waals surface area contributed by atoms with Crippen LogP contribution < -0.4 is 0 Å². The van der Waals surface area contributed by atoms with Gasteiger partial charge in [0, 0.05) is 0 Å². The van der Waals surface area contributed by atoms with E-state index < -0.39 is 0 Å². The van der Waals surface area contributed by atoms with Crippen LogP contribution in [0.15, 0.2) is 12.2 Å². The first-order valence-corrected chi connectivity index (χ1v) is 5.66. The third-order valence-corrected chi connectivity index (χ3v) is 2.12. The van der Waals surface area contributed by atoms with Gasteiger partial charge in [-0.2, -0.15) is 0 Å². The maximum Gasteiger partial charge on any atom is 0.320 e. The lowest BCUT2D eigenvalue weighted by Crippen LogP contribution is -2.30. The van der Waals surface area contributed by atoms with Crippen molar-refractivity contribution in [1.82, 2.24) is 9.80 Å². The second kappa shape index (κ2) is 9.36. The van der Waals surface area contributed by atoms with Gasteiger partial charge in [0.05, 0.1) is 6.54 Å². The van der Waals surface area contributed by atoms with Crippen molar-refractivity contribution in [2.45, 2.75) is 13.3 Å². The van der Waals surface area contributed by atoms with Gasteiger partial charge in [0.1, 0.15) is 6.61 Å². The maximum absolute atomic E-state index is 11.3. The van der Waals surface area contributed by atoms with E-state index in [1.54, 1.807) is 0 Å². The highest BCUT2D eigenvalue weighted by Crippen LogP contribution is 1.91. The number of hydrogen-bond acceptors (Lipinski definition) is 4. The van der Waals surface area contributed by atoms with Gasteiger partial charge in [0.15, 0.2) is 0 Å². The second-order valence-corrected chi connectivity index (χ2v) is 4.15. The molecule has 0 aromatic rings. The van der Waals surface area contributed by atoms with Crippen molar-refractivity contribution in [1.29, 1.82) is 0 Å². The van der Waals surface area contributed by atoms with E-state index >= 15 is 0 Å². The Kier molecular flexibility index (Phi) is 8.85. The molecule has 0 saturated carbocycles. The monoisotopic (exact) mass is 228 g/mol. The Hall–Kier alpha value is -0.870. The summed E-state index contributed by atoms with van der Waals surface area (Å²) in [6.07, 6.45) is 4.75. The molecule has 0 N–H and O–H groups in total. The van der Waals surface area contributed by atoms with E-state index in [1.807, 2.05) is 45.1 Å². The molecule has 0 rings (SSSR count). The van der Waals surface area contributed by atoms with Gasteiger partial charge in [-0.15, -0.1) is 0 Å². The van der Waals surface area contributed by atoms with Crippen molar-refractivity contribution in [2.75, 3.05) is 47.4 Å². The standard InChI is InChI=1S/C12H24N2O2/c1-5-6-10-16-12(15)11-14(4)9-7-8-13(2)3/h5-6H,7-11H2,1-4H3. The fourth-order valence-corrected chi connectivity index (χ4v) is 1.24. The van der Waals surface area contributed by atoms with E-state index in [0.717, 1.165) is 19.5 Å². The molecule has 0 radical (unpaired) electrons. The zero-order chi connectivity index (χ0) is 12.4. The average molecular weight is 228 g/mol. The van der Waals surface area contributed by atoms with Crippen molar-refractivity contribution in [3.8, 4) is 0 Å². The zero-order valence-electron chi connectivity index (χ0n) is 10.9. The lowest BCUT2D eigenvalue weighted by molar-refractivity contribution is -0.143. The minimum absolute atomic E-state index is 0.162. The summed E-state index contributed by atoms with van der Waals surface area (Å²) in [6, 6.07) is 0. The number of hydrogen-bond donors (Lipinski definition) is 0. The normalized spacial score (nSPS) is 11.6. The Balaban J connectivity index is 3.53. The number of esters is 1. The third-order valence-electron chi connectivity index (χ3n) is 2.12. The summed E-state index contributed by atoms with van der Waals surface area (Å²) >= 11 is 0. The van der Waals surface area contributed by atoms with Gasteiger partial charge in [-0.3, -0.25) is 9.69 Å². The van der Waals surface area contributed by atoms with Crippen molar-refractivity contribution >= 4 is 5.97 Å². The summed E-state index contributed by atoms with van der Waals surface area (Å²) in [7, 11) is 6.03. The molecular weight excluding hydrogens is 204 g/mol. The zero-order valence-corrected chi connectivity index (χ0v) is 10.9. The van der Waals surface area contributed by atoms with Gasteiger partial charge in [-0.25, -0.2) is 0 Å². The highest BCUT2D eigenvalue weighted by molar-refractivity contribution is 5.71. The molecule has 0 unspecified atom stereocenters. The van der Waals surface area contributed by atoms with Gasteiger partial charge in [-0.1, -0.05) is 12.2 Å². The minimum atomic E-state index is -0.162. The molecule has 4 nitrogen and oxygen atoms in total. The average Bonchev–Trinajstić information content (AvgIpc) is 2.17. The smallest absolute Gasteiger partial charge is 0.320 e. The summed E-state index contributed by atoms with van der Waals surface area (Å²) in [5, 5.41) is 0. The van der Waals surface area contributed by atoms with Crippen LogP contribution in [-0.2, 0) is 9.53 Å². The molecule has 0 spiro atoms. The van der Waals surface area contributed by atoms with E-state index in [0.29, 0.717) is 13.2 Å². The van der Waals surface area contributed by atoms with E-state index in [9.17, 15) is 4.79 Å². The number of ether oxygens (including phenoxy) is 1. The first-order valence-electron chi connectivity index (χ1n) is 5.66. The predicted molar refractivity (Wildman–Crippen MR) is 66.4 cm³/mol. The van der Waals surface area contributed by atoms with Crippen LogP contribution in [0.2, 0.25) is 0 Å². The number of likely N-dealkylation sites (N-methyl/N-ethyl adjacent to an activating group) is 1. The first-order chi connectivity index (χ1) is 7.56. The van der Waals surface area contributed by atoms with Crippen LogP contribution in [-0.4, -0.2) is 63.2 Å². The molecule has 0 atom stereocenters. The molecule has 0 aliphatic rings. The van der Waals surface area contributed by atoms with Crippen LogP contribution in [0, 0.1) is 0 Å². The Morgan fingerprint density at radius 2 is 1.94 bits per heavy atom. The lowest BCUT2D eigenvalue weighted by Gasteiger charge is -2.16. The number of nitrogens with zero attached hydrogens (tertiary/aromatic N) is 2. The molecular formula is C12H24N2O2. The Morgan fingerprint density at radius 3 is 2.50 bits per heavy atom. The van der Waals surface area contributed by atoms with E-state index in [2.05, 4.69) is 4.90 Å². The quantitative estimate of drug-likeness (QED) is 0.458. The molecule has 0 aliphatic carbocycles. The summed E-state index contributed by atoms with van der Waals surface area (Å²) < 4.78 is 5.00. The molecule has 0 saturated heterocycles. The Bertz CT molecular complexity index is 215. The van der Waals surface area contributed by atoms with Gasteiger partial charge in [-0.05, 0) is 47.6 Å². The Morgan fingerprint density at radius 1 is 1.25 bits per heavy atom. The van der Waals surface area contributed by atoms with E-state index in [1.165, 1.54) is 0 Å². The van der Waals surface area contributed by atoms with Crippen LogP contribution in [0.25, 0.3) is 0 Å². The molecule has 0 aromatic heterocycles. The maximum atomic E-state index is 11.3. The first kappa shape index (κ1) is 15.1. The topological polar surface area (TPSA) is 32.8 Å². The Labute approximate surface area is 98.9 Å². The van der Waals surface area contributed by atoms with Crippen molar-refractivity contribution in [3.05, 3.63) is 12.2 Å². The van der Waals surface area contributed by atoms with Gasteiger partial charge >= 0.3 is 5.97 Å². The molecule has 0 amide bonds. The van der Waals surface area contributed by atoms with Crippen molar-refractivity contribution in [2.24, 2.45) is 0 Å². The lowest BCUT2D eigenvalue weighted by atomic mass is 10.3. The molecule has 0 aliphatic heterocycles. The molecule has 4 heteroatoms. The molecule has 0 bridgehead atoms. The highest BCUT2D eigenvalue weighted by Gasteiger charge is 2.06. The number of carbonyl (C=O) groups excluding carboxylic acids is 1. The predicted octanol–water partition coefficient (Wildman–Crippen LogP) is 0.989. The number of carbonyl (C=O) groups is 1. The SMILES string of the molecule is CC=CCOC(=O)CN(C)CCCN(C)C. The summed E-state index contributed by atoms with van der Waals surface area (Å²) in [5.74, 6) is -0.162.